The second-order valence-electron chi connectivity index (χ2n) is 6.37. The van der Waals surface area contributed by atoms with E-state index in [9.17, 15) is 18.0 Å². The highest BCUT2D eigenvalue weighted by atomic mass is 35.5. The van der Waals surface area contributed by atoms with E-state index in [0.29, 0.717) is 36.7 Å². The molecular weight excluding hydrogens is 397 g/mol. The minimum atomic E-state index is -4.23. The smallest absolute Gasteiger partial charge is 0.389 e. The van der Waals surface area contributed by atoms with E-state index in [1.807, 2.05) is 12.1 Å². The van der Waals surface area contributed by atoms with Crippen LogP contribution in [0.4, 0.5) is 13.2 Å². The number of nitrogens with one attached hydrogen (secondary N) is 2. The van der Waals surface area contributed by atoms with Crippen molar-refractivity contribution in [2.75, 3.05) is 26.7 Å². The van der Waals surface area contributed by atoms with Gasteiger partial charge in [-0.25, -0.2) is 0 Å². The number of hydrogen-bond acceptors (Lipinski definition) is 4. The van der Waals surface area contributed by atoms with Gasteiger partial charge in [0.25, 0.3) is 5.91 Å². The van der Waals surface area contributed by atoms with E-state index < -0.39 is 18.5 Å². The van der Waals surface area contributed by atoms with Crippen LogP contribution in [0, 0.1) is 0 Å². The van der Waals surface area contributed by atoms with Crippen molar-refractivity contribution in [3.8, 4) is 5.75 Å². The van der Waals surface area contributed by atoms with Gasteiger partial charge in [-0.05, 0) is 18.6 Å². The van der Waals surface area contributed by atoms with E-state index in [4.69, 9.17) is 16.3 Å². The van der Waals surface area contributed by atoms with Gasteiger partial charge in [0.05, 0.1) is 5.02 Å². The maximum absolute atomic E-state index is 12.3. The van der Waals surface area contributed by atoms with Gasteiger partial charge in [0.1, 0.15) is 11.9 Å². The lowest BCUT2D eigenvalue weighted by atomic mass is 10.1. The minimum Gasteiger partial charge on any atom is -0.489 e. The Bertz CT molecular complexity index is 677. The molecular formula is C18H24ClF3N4O2. The molecule has 1 aliphatic rings. The van der Waals surface area contributed by atoms with Gasteiger partial charge in [0.15, 0.2) is 0 Å². The molecule has 28 heavy (non-hydrogen) atoms. The minimum absolute atomic E-state index is 0.0400. The number of carbonyl (C=O) groups excluding carboxylic acids is 1. The number of halogens is 4. The molecule has 1 fully saturated rings. The number of piperidine rings is 1. The maximum Gasteiger partial charge on any atom is 0.389 e. The zero-order valence-electron chi connectivity index (χ0n) is 15.6. The Morgan fingerprint density at radius 1 is 1.32 bits per heavy atom. The van der Waals surface area contributed by atoms with Crippen LogP contribution in [0.15, 0.2) is 29.4 Å². The summed E-state index contributed by atoms with van der Waals surface area (Å²) in [6.45, 7) is 1.00. The normalized spacial score (nSPS) is 16.0. The van der Waals surface area contributed by atoms with Crippen LogP contribution in [-0.2, 0) is 4.79 Å². The molecule has 0 bridgehead atoms. The molecule has 0 atom stereocenters. The Hall–Kier alpha value is -2.16. The van der Waals surface area contributed by atoms with Crippen LogP contribution in [0.2, 0.25) is 5.02 Å². The number of amidine groups is 1. The highest BCUT2D eigenvalue weighted by molar-refractivity contribution is 6.37. The first kappa shape index (κ1) is 22.1. The first-order valence-corrected chi connectivity index (χ1v) is 9.43. The lowest BCUT2D eigenvalue weighted by Crippen LogP contribution is -2.49. The van der Waals surface area contributed by atoms with Gasteiger partial charge in [-0.2, -0.15) is 18.3 Å². The molecule has 1 aliphatic heterocycles. The monoisotopic (exact) mass is 420 g/mol. The summed E-state index contributed by atoms with van der Waals surface area (Å²) in [7, 11) is 1.56. The van der Waals surface area contributed by atoms with Crippen molar-refractivity contribution >= 4 is 23.3 Å². The van der Waals surface area contributed by atoms with Crippen molar-refractivity contribution in [3.05, 3.63) is 29.3 Å². The van der Waals surface area contributed by atoms with Gasteiger partial charge in [0.2, 0.25) is 5.84 Å². The van der Waals surface area contributed by atoms with E-state index in [2.05, 4.69) is 15.8 Å². The molecule has 2 N–H and O–H groups in total. The molecule has 1 aromatic carbocycles. The van der Waals surface area contributed by atoms with Crippen LogP contribution in [-0.4, -0.2) is 55.6 Å². The van der Waals surface area contributed by atoms with Crippen LogP contribution in [0.5, 0.6) is 5.75 Å². The second-order valence-corrected chi connectivity index (χ2v) is 6.78. The highest BCUT2D eigenvalue weighted by Crippen LogP contribution is 2.27. The summed E-state index contributed by atoms with van der Waals surface area (Å²) in [4.78, 5) is 14.1. The van der Waals surface area contributed by atoms with Crippen LogP contribution in [0.1, 0.15) is 25.7 Å². The third-order valence-electron chi connectivity index (χ3n) is 4.22. The molecule has 0 radical (unpaired) electrons. The first-order chi connectivity index (χ1) is 13.3. The topological polar surface area (TPSA) is 66.0 Å². The number of carbonyl (C=O) groups is 1. The Morgan fingerprint density at radius 3 is 2.61 bits per heavy atom. The Morgan fingerprint density at radius 2 is 2.00 bits per heavy atom. The fraction of sp³-hybridized carbons (Fsp3) is 0.556. The number of para-hydroxylation sites is 1. The van der Waals surface area contributed by atoms with Gasteiger partial charge in [-0.15, -0.1) is 0 Å². The van der Waals surface area contributed by atoms with Gasteiger partial charge < -0.3 is 20.4 Å². The van der Waals surface area contributed by atoms with Crippen molar-refractivity contribution in [1.82, 2.24) is 15.6 Å². The van der Waals surface area contributed by atoms with Crippen LogP contribution in [0.25, 0.3) is 0 Å². The molecule has 1 aromatic rings. The zero-order chi connectivity index (χ0) is 20.6. The summed E-state index contributed by atoms with van der Waals surface area (Å²) in [6.07, 6.45) is -4.05. The average Bonchev–Trinajstić information content (AvgIpc) is 2.65. The van der Waals surface area contributed by atoms with E-state index in [0.717, 1.165) is 0 Å². The van der Waals surface area contributed by atoms with Crippen molar-refractivity contribution < 1.29 is 22.7 Å². The summed E-state index contributed by atoms with van der Waals surface area (Å²) >= 11 is 6.11. The summed E-state index contributed by atoms with van der Waals surface area (Å²) in [5.74, 6) is 0.279. The molecule has 0 spiro atoms. The molecule has 2 rings (SSSR count). The molecule has 6 nitrogen and oxygen atoms in total. The van der Waals surface area contributed by atoms with Crippen molar-refractivity contribution in [2.45, 2.75) is 38.0 Å². The van der Waals surface area contributed by atoms with Gasteiger partial charge in [-0.3, -0.25) is 4.79 Å². The Balaban J connectivity index is 1.84. The number of hydrogen-bond donors (Lipinski definition) is 2. The van der Waals surface area contributed by atoms with E-state index in [1.54, 1.807) is 24.1 Å². The molecule has 1 heterocycles. The van der Waals surface area contributed by atoms with Crippen molar-refractivity contribution in [3.63, 3.8) is 0 Å². The SMILES string of the molecule is CN/N=C(\C(=O)NCCCC(F)(F)F)N1CCC(Oc2ccccc2Cl)CC1. The Kier molecular flexibility index (Phi) is 8.22. The number of likely N-dealkylation sites (tertiary alicyclic amines) is 1. The van der Waals surface area contributed by atoms with Crippen molar-refractivity contribution in [1.29, 1.82) is 0 Å². The fourth-order valence-electron chi connectivity index (χ4n) is 2.85. The third-order valence-corrected chi connectivity index (χ3v) is 4.53. The molecule has 10 heteroatoms. The summed E-state index contributed by atoms with van der Waals surface area (Å²) in [6, 6.07) is 7.23. The largest absolute Gasteiger partial charge is 0.489 e. The number of hydrazone groups is 1. The lowest BCUT2D eigenvalue weighted by Gasteiger charge is -2.33. The molecule has 1 amide bonds. The summed E-state index contributed by atoms with van der Waals surface area (Å²) in [5, 5.41) is 7.03. The fourth-order valence-corrected chi connectivity index (χ4v) is 3.03. The lowest BCUT2D eigenvalue weighted by molar-refractivity contribution is -0.135. The number of rotatable bonds is 6. The third kappa shape index (κ3) is 7.10. The van der Waals surface area contributed by atoms with Crippen LogP contribution < -0.4 is 15.5 Å². The number of nitrogens with zero attached hydrogens (tertiary/aromatic N) is 2. The van der Waals surface area contributed by atoms with E-state index in [1.165, 1.54) is 0 Å². The predicted octanol–water partition coefficient (Wildman–Crippen LogP) is 3.17. The zero-order valence-corrected chi connectivity index (χ0v) is 16.3. The second kappa shape index (κ2) is 10.4. The molecule has 0 unspecified atom stereocenters. The first-order valence-electron chi connectivity index (χ1n) is 9.05. The summed E-state index contributed by atoms with van der Waals surface area (Å²) < 4.78 is 42.5. The predicted molar refractivity (Wildman–Crippen MR) is 101 cm³/mol. The number of alkyl halides is 3. The number of benzene rings is 1. The van der Waals surface area contributed by atoms with Crippen molar-refractivity contribution in [2.24, 2.45) is 5.10 Å². The van der Waals surface area contributed by atoms with Gasteiger partial charge in [-0.1, -0.05) is 23.7 Å². The average molecular weight is 421 g/mol. The van der Waals surface area contributed by atoms with E-state index >= 15 is 0 Å². The summed E-state index contributed by atoms with van der Waals surface area (Å²) in [5.41, 5.74) is 2.58. The maximum atomic E-state index is 12.3. The Labute approximate surface area is 167 Å². The van der Waals surface area contributed by atoms with Crippen LogP contribution in [0.3, 0.4) is 0 Å². The molecule has 1 saturated heterocycles. The molecule has 0 aromatic heterocycles. The quantitative estimate of drug-likeness (QED) is 0.321. The number of amides is 1. The van der Waals surface area contributed by atoms with Crippen LogP contribution >= 0.6 is 11.6 Å². The van der Waals surface area contributed by atoms with Gasteiger partial charge >= 0.3 is 6.18 Å². The molecule has 156 valence electrons. The highest BCUT2D eigenvalue weighted by Gasteiger charge is 2.28. The van der Waals surface area contributed by atoms with E-state index in [-0.39, 0.29) is 24.9 Å². The molecule has 0 aliphatic carbocycles. The number of ether oxygens (including phenoxy) is 1. The standard InChI is InChI=1S/C18H24ClF3N4O2/c1-23-25-16(17(27)24-10-4-9-18(20,21)22)26-11-7-13(8-12-26)28-15-6-3-2-5-14(15)19/h2-3,5-6,13,23H,4,7-12H2,1H3,(H,24,27)/b25-16+. The molecule has 0 saturated carbocycles. The van der Waals surface area contributed by atoms with Gasteiger partial charge in [0, 0.05) is 45.9 Å².